The standard InChI is InChI=1S/C18H26N2O2S2/c1-3-5-11-19(12-6-4-2)18(23)22-14-13-20-15-9-7-8-10-16(15)24-17(20)21/h7-10H,3-6,11-14H2,1-2H3. The predicted octanol–water partition coefficient (Wildman–Crippen LogP) is 4.27. The molecule has 2 rings (SSSR count). The second kappa shape index (κ2) is 9.79. The molecule has 1 aromatic heterocycles. The van der Waals surface area contributed by atoms with E-state index in [9.17, 15) is 4.79 Å². The molecule has 0 saturated heterocycles. The van der Waals surface area contributed by atoms with E-state index in [-0.39, 0.29) is 4.87 Å². The van der Waals surface area contributed by atoms with Crippen molar-refractivity contribution in [1.29, 1.82) is 0 Å². The van der Waals surface area contributed by atoms with Crippen molar-refractivity contribution in [2.45, 2.75) is 46.1 Å². The van der Waals surface area contributed by atoms with Crippen LogP contribution in [0.1, 0.15) is 39.5 Å². The minimum atomic E-state index is 0.0551. The van der Waals surface area contributed by atoms with Crippen molar-refractivity contribution >= 4 is 38.9 Å². The summed E-state index contributed by atoms with van der Waals surface area (Å²) in [5.74, 6) is 0. The van der Waals surface area contributed by atoms with E-state index in [1.807, 2.05) is 24.3 Å². The molecule has 0 radical (unpaired) electrons. The summed E-state index contributed by atoms with van der Waals surface area (Å²) in [4.78, 5) is 14.3. The van der Waals surface area contributed by atoms with Crippen molar-refractivity contribution in [1.82, 2.24) is 9.47 Å². The topological polar surface area (TPSA) is 34.5 Å². The molecule has 1 heterocycles. The third kappa shape index (κ3) is 5.05. The average Bonchev–Trinajstić information content (AvgIpc) is 2.90. The van der Waals surface area contributed by atoms with Gasteiger partial charge in [0.25, 0.3) is 5.17 Å². The Kier molecular flexibility index (Phi) is 7.72. The van der Waals surface area contributed by atoms with Gasteiger partial charge in [0.15, 0.2) is 0 Å². The van der Waals surface area contributed by atoms with E-state index >= 15 is 0 Å². The SMILES string of the molecule is CCCCN(CCCC)C(=S)OCCn1c(=O)sc2ccccc21. The average molecular weight is 367 g/mol. The maximum atomic E-state index is 12.1. The number of thiocarbonyl (C=S) groups is 1. The number of benzene rings is 1. The number of unbranched alkanes of at least 4 members (excludes halogenated alkanes) is 2. The minimum Gasteiger partial charge on any atom is -0.469 e. The molecule has 4 nitrogen and oxygen atoms in total. The molecule has 0 N–H and O–H groups in total. The van der Waals surface area contributed by atoms with Gasteiger partial charge in [-0.2, -0.15) is 0 Å². The molecule has 0 atom stereocenters. The monoisotopic (exact) mass is 366 g/mol. The molecule has 0 aliphatic heterocycles. The van der Waals surface area contributed by atoms with Crippen LogP contribution in [0.15, 0.2) is 29.1 Å². The summed E-state index contributed by atoms with van der Waals surface area (Å²) < 4.78 is 8.56. The maximum Gasteiger partial charge on any atom is 0.308 e. The Labute approximate surface area is 153 Å². The normalized spacial score (nSPS) is 10.9. The molecule has 6 heteroatoms. The molecule has 0 fully saturated rings. The summed E-state index contributed by atoms with van der Waals surface area (Å²) >= 11 is 6.72. The number of nitrogens with zero attached hydrogens (tertiary/aromatic N) is 2. The Morgan fingerprint density at radius 3 is 2.54 bits per heavy atom. The van der Waals surface area contributed by atoms with E-state index in [1.54, 1.807) is 4.57 Å². The fourth-order valence-corrected chi connectivity index (χ4v) is 3.72. The Morgan fingerprint density at radius 2 is 1.88 bits per heavy atom. The first-order valence-electron chi connectivity index (χ1n) is 8.67. The number of hydrogen-bond donors (Lipinski definition) is 0. The van der Waals surface area contributed by atoms with E-state index in [0.29, 0.717) is 18.3 Å². The van der Waals surface area contributed by atoms with Gasteiger partial charge in [0.05, 0.1) is 16.8 Å². The van der Waals surface area contributed by atoms with E-state index in [4.69, 9.17) is 17.0 Å². The van der Waals surface area contributed by atoms with Crippen LogP contribution in [-0.4, -0.2) is 34.3 Å². The van der Waals surface area contributed by atoms with Crippen LogP contribution in [-0.2, 0) is 11.3 Å². The summed E-state index contributed by atoms with van der Waals surface area (Å²) in [6, 6.07) is 7.85. The van der Waals surface area contributed by atoms with Gasteiger partial charge in [-0.05, 0) is 37.2 Å². The highest BCUT2D eigenvalue weighted by Crippen LogP contribution is 2.16. The smallest absolute Gasteiger partial charge is 0.308 e. The summed E-state index contributed by atoms with van der Waals surface area (Å²) in [6.45, 7) is 7.19. The zero-order chi connectivity index (χ0) is 17.4. The number of thiazole rings is 1. The number of rotatable bonds is 9. The summed E-state index contributed by atoms with van der Waals surface area (Å²) in [5, 5.41) is 0.560. The van der Waals surface area contributed by atoms with Gasteiger partial charge in [-0.15, -0.1) is 0 Å². The van der Waals surface area contributed by atoms with Crippen LogP contribution in [0.2, 0.25) is 0 Å². The fourth-order valence-electron chi connectivity index (χ4n) is 2.53. The summed E-state index contributed by atoms with van der Waals surface area (Å²) in [7, 11) is 0. The lowest BCUT2D eigenvalue weighted by Crippen LogP contribution is -2.34. The Balaban J connectivity index is 1.92. The lowest BCUT2D eigenvalue weighted by Gasteiger charge is -2.24. The zero-order valence-corrected chi connectivity index (χ0v) is 16.1. The van der Waals surface area contributed by atoms with Crippen molar-refractivity contribution in [3.63, 3.8) is 0 Å². The van der Waals surface area contributed by atoms with Crippen LogP contribution in [0.5, 0.6) is 0 Å². The summed E-state index contributed by atoms with van der Waals surface area (Å²) in [6.07, 6.45) is 4.51. The van der Waals surface area contributed by atoms with Crippen LogP contribution in [0.3, 0.4) is 0 Å². The van der Waals surface area contributed by atoms with E-state index in [2.05, 4.69) is 18.7 Å². The molecule has 0 amide bonds. The molecule has 0 bridgehead atoms. The highest BCUT2D eigenvalue weighted by molar-refractivity contribution is 7.80. The highest BCUT2D eigenvalue weighted by Gasteiger charge is 2.11. The number of aromatic nitrogens is 1. The summed E-state index contributed by atoms with van der Waals surface area (Å²) in [5.41, 5.74) is 0.968. The molecule has 2 aromatic rings. The van der Waals surface area contributed by atoms with Crippen LogP contribution >= 0.6 is 23.6 Å². The van der Waals surface area contributed by atoms with E-state index in [1.165, 1.54) is 11.3 Å². The molecule has 0 aliphatic carbocycles. The second-order valence-corrected chi connectivity index (χ2v) is 7.14. The third-order valence-electron chi connectivity index (χ3n) is 3.94. The molecule has 132 valence electrons. The number of para-hydroxylation sites is 1. The fraction of sp³-hybridized carbons (Fsp3) is 0.556. The molecule has 24 heavy (non-hydrogen) atoms. The molecule has 0 saturated carbocycles. The Bertz CT molecular complexity index is 700. The lowest BCUT2D eigenvalue weighted by molar-refractivity contribution is 0.228. The highest BCUT2D eigenvalue weighted by atomic mass is 32.1. The molecule has 0 spiro atoms. The van der Waals surface area contributed by atoms with Crippen LogP contribution < -0.4 is 4.87 Å². The van der Waals surface area contributed by atoms with Gasteiger partial charge in [-0.1, -0.05) is 50.2 Å². The van der Waals surface area contributed by atoms with Gasteiger partial charge in [0.1, 0.15) is 6.61 Å². The first kappa shape index (κ1) is 18.9. The number of fused-ring (bicyclic) bond motifs is 1. The molecular weight excluding hydrogens is 340 g/mol. The first-order valence-corrected chi connectivity index (χ1v) is 9.90. The number of ether oxygens (including phenoxy) is 1. The second-order valence-electron chi connectivity index (χ2n) is 5.80. The van der Waals surface area contributed by atoms with Crippen molar-refractivity contribution in [2.24, 2.45) is 0 Å². The molecule has 1 aromatic carbocycles. The quantitative estimate of drug-likeness (QED) is 0.621. The third-order valence-corrected chi connectivity index (χ3v) is 5.27. The van der Waals surface area contributed by atoms with Gasteiger partial charge in [-0.25, -0.2) is 0 Å². The maximum absolute atomic E-state index is 12.1. The van der Waals surface area contributed by atoms with Gasteiger partial charge < -0.3 is 9.64 Å². The van der Waals surface area contributed by atoms with Crippen LogP contribution in [0.25, 0.3) is 10.2 Å². The number of hydrogen-bond acceptors (Lipinski definition) is 4. The lowest BCUT2D eigenvalue weighted by atomic mass is 10.3. The largest absolute Gasteiger partial charge is 0.469 e. The van der Waals surface area contributed by atoms with Crippen LogP contribution in [0, 0.1) is 0 Å². The Hall–Kier alpha value is -1.40. The van der Waals surface area contributed by atoms with Crippen molar-refractivity contribution in [3.05, 3.63) is 33.9 Å². The molecule has 0 aliphatic rings. The van der Waals surface area contributed by atoms with Gasteiger partial charge >= 0.3 is 4.87 Å². The zero-order valence-electron chi connectivity index (χ0n) is 14.5. The van der Waals surface area contributed by atoms with Gasteiger partial charge in [0.2, 0.25) is 0 Å². The van der Waals surface area contributed by atoms with Gasteiger partial charge in [0, 0.05) is 13.1 Å². The van der Waals surface area contributed by atoms with Crippen molar-refractivity contribution < 1.29 is 4.74 Å². The first-order chi connectivity index (χ1) is 11.7. The molecular formula is C18H26N2O2S2. The van der Waals surface area contributed by atoms with Gasteiger partial charge in [-0.3, -0.25) is 9.36 Å². The predicted molar refractivity (Wildman–Crippen MR) is 106 cm³/mol. The van der Waals surface area contributed by atoms with Crippen molar-refractivity contribution in [3.8, 4) is 0 Å². The van der Waals surface area contributed by atoms with E-state index < -0.39 is 0 Å². The van der Waals surface area contributed by atoms with Crippen molar-refractivity contribution in [2.75, 3.05) is 19.7 Å². The minimum absolute atomic E-state index is 0.0551. The van der Waals surface area contributed by atoms with E-state index in [0.717, 1.165) is 49.0 Å². The molecule has 0 unspecified atom stereocenters. The van der Waals surface area contributed by atoms with Crippen LogP contribution in [0.4, 0.5) is 0 Å². The Morgan fingerprint density at radius 1 is 1.21 bits per heavy atom.